The number of aromatic nitrogens is 2. The molecular formula is C16H14N2OS. The summed E-state index contributed by atoms with van der Waals surface area (Å²) in [6.45, 7) is 0. The molecule has 0 saturated heterocycles. The average molecular weight is 282 g/mol. The number of para-hydroxylation sites is 2. The summed E-state index contributed by atoms with van der Waals surface area (Å²) in [6, 6.07) is 16.6. The fourth-order valence-electron chi connectivity index (χ4n) is 2.73. The number of rotatable bonds is 2. The number of nitrogens with zero attached hydrogens (tertiary/aromatic N) is 2. The van der Waals surface area contributed by atoms with Crippen LogP contribution in [-0.4, -0.2) is 16.7 Å². The first-order chi connectivity index (χ1) is 9.86. The zero-order valence-corrected chi connectivity index (χ0v) is 11.9. The van der Waals surface area contributed by atoms with Crippen molar-refractivity contribution in [2.24, 2.45) is 0 Å². The molecule has 2 heterocycles. The first kappa shape index (κ1) is 11.9. The Labute approximate surface area is 121 Å². The van der Waals surface area contributed by atoms with Crippen molar-refractivity contribution in [3.8, 4) is 5.75 Å². The molecule has 0 N–H and O–H groups in total. The van der Waals surface area contributed by atoms with Gasteiger partial charge in [0.15, 0.2) is 0 Å². The Morgan fingerprint density at radius 1 is 1.20 bits per heavy atom. The minimum atomic E-state index is 0.285. The van der Waals surface area contributed by atoms with Gasteiger partial charge in [-0.15, -0.1) is 11.8 Å². The predicted octanol–water partition coefficient (Wildman–Crippen LogP) is 3.84. The van der Waals surface area contributed by atoms with Gasteiger partial charge in [-0.1, -0.05) is 24.3 Å². The molecular weight excluding hydrogens is 268 g/mol. The number of thioether (sulfide) groups is 1. The fourth-order valence-corrected chi connectivity index (χ4v) is 3.96. The second kappa shape index (κ2) is 4.56. The van der Waals surface area contributed by atoms with E-state index < -0.39 is 0 Å². The number of benzene rings is 2. The van der Waals surface area contributed by atoms with Gasteiger partial charge in [-0.05, 0) is 29.8 Å². The molecule has 1 atom stereocenters. The van der Waals surface area contributed by atoms with Crippen molar-refractivity contribution >= 4 is 22.8 Å². The lowest BCUT2D eigenvalue weighted by molar-refractivity contribution is 0.414. The van der Waals surface area contributed by atoms with Gasteiger partial charge >= 0.3 is 0 Å². The van der Waals surface area contributed by atoms with Crippen LogP contribution in [-0.2, 0) is 5.75 Å². The van der Waals surface area contributed by atoms with E-state index >= 15 is 0 Å². The highest BCUT2D eigenvalue weighted by molar-refractivity contribution is 7.99. The third kappa shape index (κ3) is 1.72. The van der Waals surface area contributed by atoms with E-state index in [0.29, 0.717) is 0 Å². The number of imidazole rings is 1. The maximum atomic E-state index is 5.34. The summed E-state index contributed by atoms with van der Waals surface area (Å²) in [5.41, 5.74) is 3.55. The van der Waals surface area contributed by atoms with E-state index in [4.69, 9.17) is 9.72 Å². The molecule has 3 aromatic rings. The predicted molar refractivity (Wildman–Crippen MR) is 82.2 cm³/mol. The quantitative estimate of drug-likeness (QED) is 0.714. The molecule has 0 unspecified atom stereocenters. The van der Waals surface area contributed by atoms with Gasteiger partial charge in [-0.3, -0.25) is 0 Å². The molecule has 4 rings (SSSR count). The van der Waals surface area contributed by atoms with E-state index in [2.05, 4.69) is 34.9 Å². The summed E-state index contributed by atoms with van der Waals surface area (Å²) >= 11 is 1.91. The lowest BCUT2D eigenvalue weighted by Crippen LogP contribution is -2.03. The lowest BCUT2D eigenvalue weighted by atomic mass is 10.2. The molecule has 100 valence electrons. The Kier molecular flexibility index (Phi) is 2.70. The Morgan fingerprint density at radius 2 is 2.10 bits per heavy atom. The monoisotopic (exact) mass is 282 g/mol. The molecule has 2 aromatic carbocycles. The largest absolute Gasteiger partial charge is 0.497 e. The summed E-state index contributed by atoms with van der Waals surface area (Å²) in [5, 5.41) is 0.285. The molecule has 0 fully saturated rings. The molecule has 1 aromatic heterocycles. The summed E-state index contributed by atoms with van der Waals surface area (Å²) in [7, 11) is 1.71. The van der Waals surface area contributed by atoms with Crippen LogP contribution in [0.4, 0.5) is 0 Å². The highest BCUT2D eigenvalue weighted by Gasteiger charge is 2.27. The van der Waals surface area contributed by atoms with Crippen LogP contribution >= 0.6 is 11.8 Å². The van der Waals surface area contributed by atoms with Crippen molar-refractivity contribution in [1.82, 2.24) is 9.55 Å². The molecule has 20 heavy (non-hydrogen) atoms. The third-order valence-electron chi connectivity index (χ3n) is 3.65. The number of hydrogen-bond donors (Lipinski definition) is 0. The normalized spacial score (nSPS) is 17.4. The second-order valence-electron chi connectivity index (χ2n) is 4.83. The van der Waals surface area contributed by atoms with Gasteiger partial charge in [0.2, 0.25) is 0 Å². The molecule has 4 heteroatoms. The summed E-state index contributed by atoms with van der Waals surface area (Å²) < 4.78 is 7.68. The third-order valence-corrected chi connectivity index (χ3v) is 4.88. The van der Waals surface area contributed by atoms with Gasteiger partial charge in [-0.25, -0.2) is 4.98 Å². The molecule has 0 radical (unpaired) electrons. The Morgan fingerprint density at radius 3 is 3.00 bits per heavy atom. The van der Waals surface area contributed by atoms with Crippen LogP contribution in [0.2, 0.25) is 0 Å². The van der Waals surface area contributed by atoms with E-state index in [0.717, 1.165) is 22.8 Å². The van der Waals surface area contributed by atoms with Crippen LogP contribution < -0.4 is 4.74 Å². The standard InChI is InChI=1S/C16H14N2OS/c1-19-12-6-4-5-11(9-12)16-18-14-8-3-2-7-13(14)17-15(18)10-20-16/h2-9,16H,10H2,1H3/t16-/m1/s1. The van der Waals surface area contributed by atoms with Gasteiger partial charge in [0.05, 0.1) is 23.9 Å². The Balaban J connectivity index is 1.87. The van der Waals surface area contributed by atoms with Gasteiger partial charge in [0.1, 0.15) is 16.9 Å². The molecule has 3 nitrogen and oxygen atoms in total. The van der Waals surface area contributed by atoms with Crippen molar-refractivity contribution in [2.75, 3.05) is 7.11 Å². The number of fused-ring (bicyclic) bond motifs is 3. The summed E-state index contributed by atoms with van der Waals surface area (Å²) in [6.07, 6.45) is 0. The van der Waals surface area contributed by atoms with Gasteiger partial charge in [0.25, 0.3) is 0 Å². The van der Waals surface area contributed by atoms with Crippen molar-refractivity contribution in [2.45, 2.75) is 11.1 Å². The van der Waals surface area contributed by atoms with E-state index in [1.54, 1.807) is 7.11 Å². The minimum absolute atomic E-state index is 0.285. The van der Waals surface area contributed by atoms with Crippen LogP contribution in [0.1, 0.15) is 16.8 Å². The molecule has 0 saturated carbocycles. The SMILES string of the molecule is COc1cccc([C@H]2SCc3nc4ccccc4n32)c1. The average Bonchev–Trinajstić information content (AvgIpc) is 3.06. The number of methoxy groups -OCH3 is 1. The topological polar surface area (TPSA) is 27.1 Å². The van der Waals surface area contributed by atoms with Crippen molar-refractivity contribution in [1.29, 1.82) is 0 Å². The van der Waals surface area contributed by atoms with Gasteiger partial charge < -0.3 is 9.30 Å². The Bertz CT molecular complexity index is 781. The van der Waals surface area contributed by atoms with E-state index in [-0.39, 0.29) is 5.37 Å². The highest BCUT2D eigenvalue weighted by atomic mass is 32.2. The maximum Gasteiger partial charge on any atom is 0.121 e. The van der Waals surface area contributed by atoms with Gasteiger partial charge in [-0.2, -0.15) is 0 Å². The molecule has 1 aliphatic heterocycles. The van der Waals surface area contributed by atoms with E-state index in [1.165, 1.54) is 11.1 Å². The first-order valence-corrected chi connectivity index (χ1v) is 7.63. The van der Waals surface area contributed by atoms with Crippen LogP contribution in [0, 0.1) is 0 Å². The molecule has 0 spiro atoms. The smallest absolute Gasteiger partial charge is 0.121 e. The molecule has 0 aliphatic carbocycles. The van der Waals surface area contributed by atoms with Gasteiger partial charge in [0, 0.05) is 0 Å². The van der Waals surface area contributed by atoms with Crippen LogP contribution in [0.5, 0.6) is 5.75 Å². The molecule has 0 bridgehead atoms. The maximum absolute atomic E-state index is 5.34. The summed E-state index contributed by atoms with van der Waals surface area (Å²) in [5.74, 6) is 3.02. The van der Waals surface area contributed by atoms with E-state index in [1.807, 2.05) is 30.0 Å². The summed E-state index contributed by atoms with van der Waals surface area (Å²) in [4.78, 5) is 4.72. The second-order valence-corrected chi connectivity index (χ2v) is 5.90. The van der Waals surface area contributed by atoms with Crippen molar-refractivity contribution in [3.05, 3.63) is 59.9 Å². The number of hydrogen-bond acceptors (Lipinski definition) is 3. The Hall–Kier alpha value is -1.94. The highest BCUT2D eigenvalue weighted by Crippen LogP contribution is 2.43. The number of ether oxygens (including phenoxy) is 1. The van der Waals surface area contributed by atoms with Crippen LogP contribution in [0.3, 0.4) is 0 Å². The lowest BCUT2D eigenvalue weighted by Gasteiger charge is -2.15. The minimum Gasteiger partial charge on any atom is -0.497 e. The zero-order valence-electron chi connectivity index (χ0n) is 11.1. The van der Waals surface area contributed by atoms with Crippen molar-refractivity contribution in [3.63, 3.8) is 0 Å². The van der Waals surface area contributed by atoms with Crippen LogP contribution in [0.25, 0.3) is 11.0 Å². The van der Waals surface area contributed by atoms with Crippen molar-refractivity contribution < 1.29 is 4.74 Å². The zero-order chi connectivity index (χ0) is 13.5. The van der Waals surface area contributed by atoms with Crippen LogP contribution in [0.15, 0.2) is 48.5 Å². The fraction of sp³-hybridized carbons (Fsp3) is 0.188. The first-order valence-electron chi connectivity index (χ1n) is 6.58. The molecule has 1 aliphatic rings. The van der Waals surface area contributed by atoms with E-state index in [9.17, 15) is 0 Å². The molecule has 0 amide bonds.